The molecular weight excluding hydrogens is 196 g/mol. The maximum absolute atomic E-state index is 11.0. The fraction of sp³-hybridized carbons (Fsp3) is 0.429. The molecule has 2 N–H and O–H groups in total. The van der Waals surface area contributed by atoms with Crippen molar-refractivity contribution in [2.24, 2.45) is 7.05 Å². The van der Waals surface area contributed by atoms with Crippen LogP contribution in [0.2, 0.25) is 5.02 Å². The van der Waals surface area contributed by atoms with Crippen molar-refractivity contribution < 1.29 is 9.90 Å². The van der Waals surface area contributed by atoms with Crippen molar-refractivity contribution in [3.05, 3.63) is 21.1 Å². The molecule has 0 radical (unpaired) electrons. The van der Waals surface area contributed by atoms with E-state index in [2.05, 4.69) is 5.10 Å². The minimum Gasteiger partial charge on any atom is -0.481 e. The Bertz CT molecular complexity index is 393. The molecular formula is C7H9ClN2O3. The van der Waals surface area contributed by atoms with Crippen LogP contribution in [0.3, 0.4) is 0 Å². The highest BCUT2D eigenvalue weighted by molar-refractivity contribution is 6.31. The van der Waals surface area contributed by atoms with Crippen molar-refractivity contribution in [3.8, 4) is 0 Å². The summed E-state index contributed by atoms with van der Waals surface area (Å²) in [6.45, 7) is 1.47. The van der Waals surface area contributed by atoms with E-state index in [9.17, 15) is 9.59 Å². The number of aromatic amines is 1. The second-order valence-electron chi connectivity index (χ2n) is 2.76. The van der Waals surface area contributed by atoms with Gasteiger partial charge >= 0.3 is 5.97 Å². The standard InChI is InChI=1S/C7H9ClN2O3/c1-3(7(12)13)5-4(8)6(11)9-10(5)2/h3H,1-2H3,(H,9,11)(H,12,13). The number of carboxylic acid groups (broad SMARTS) is 1. The Morgan fingerprint density at radius 2 is 2.23 bits per heavy atom. The predicted octanol–water partition coefficient (Wildman–Crippen LogP) is 0.555. The Morgan fingerprint density at radius 1 is 1.69 bits per heavy atom. The first kappa shape index (κ1) is 9.85. The highest BCUT2D eigenvalue weighted by Gasteiger charge is 2.22. The monoisotopic (exact) mass is 204 g/mol. The van der Waals surface area contributed by atoms with Crippen molar-refractivity contribution in [2.75, 3.05) is 0 Å². The van der Waals surface area contributed by atoms with Gasteiger partial charge in [-0.2, -0.15) is 0 Å². The number of halogens is 1. The maximum atomic E-state index is 11.0. The molecule has 5 nitrogen and oxygen atoms in total. The molecule has 0 fully saturated rings. The van der Waals surface area contributed by atoms with Gasteiger partial charge < -0.3 is 5.11 Å². The van der Waals surface area contributed by atoms with Gasteiger partial charge in [-0.15, -0.1) is 0 Å². The molecule has 0 saturated heterocycles. The molecule has 1 aromatic heterocycles. The summed E-state index contributed by atoms with van der Waals surface area (Å²) in [4.78, 5) is 21.6. The fourth-order valence-corrected chi connectivity index (χ4v) is 1.46. The first-order valence-electron chi connectivity index (χ1n) is 3.62. The number of aromatic nitrogens is 2. The first-order chi connectivity index (χ1) is 5.95. The number of aryl methyl sites for hydroxylation is 1. The highest BCUT2D eigenvalue weighted by Crippen LogP contribution is 2.20. The van der Waals surface area contributed by atoms with Gasteiger partial charge in [-0.25, -0.2) is 0 Å². The molecule has 1 unspecified atom stereocenters. The summed E-state index contributed by atoms with van der Waals surface area (Å²) in [5.41, 5.74) is -0.175. The second-order valence-corrected chi connectivity index (χ2v) is 3.14. The second kappa shape index (κ2) is 3.26. The summed E-state index contributed by atoms with van der Waals surface area (Å²) < 4.78 is 1.32. The lowest BCUT2D eigenvalue weighted by Gasteiger charge is -2.06. The van der Waals surface area contributed by atoms with E-state index < -0.39 is 17.4 Å². The topological polar surface area (TPSA) is 75.1 Å². The van der Waals surface area contributed by atoms with E-state index in [4.69, 9.17) is 16.7 Å². The predicted molar refractivity (Wildman–Crippen MR) is 47.1 cm³/mol. The number of H-pyrrole nitrogens is 1. The number of nitrogens with zero attached hydrogens (tertiary/aromatic N) is 1. The molecule has 0 saturated carbocycles. The molecule has 13 heavy (non-hydrogen) atoms. The van der Waals surface area contributed by atoms with Gasteiger partial charge in [-0.1, -0.05) is 11.6 Å². The number of carboxylic acids is 1. The minimum atomic E-state index is -1.02. The number of rotatable bonds is 2. The van der Waals surface area contributed by atoms with Gasteiger partial charge in [0, 0.05) is 7.05 Å². The Morgan fingerprint density at radius 3 is 2.54 bits per heavy atom. The molecule has 0 aliphatic heterocycles. The third-order valence-electron chi connectivity index (χ3n) is 1.84. The molecule has 1 heterocycles. The fourth-order valence-electron chi connectivity index (χ4n) is 1.12. The third-order valence-corrected chi connectivity index (χ3v) is 2.20. The van der Waals surface area contributed by atoms with Crippen LogP contribution in [0.4, 0.5) is 0 Å². The van der Waals surface area contributed by atoms with Crippen LogP contribution in [-0.2, 0) is 11.8 Å². The summed E-state index contributed by atoms with van der Waals surface area (Å²) in [5.74, 6) is -1.81. The zero-order valence-corrected chi connectivity index (χ0v) is 7.92. The Hall–Kier alpha value is -1.23. The van der Waals surface area contributed by atoms with E-state index >= 15 is 0 Å². The van der Waals surface area contributed by atoms with Crippen LogP contribution in [0, 0.1) is 0 Å². The highest BCUT2D eigenvalue weighted by atomic mass is 35.5. The number of nitrogens with one attached hydrogen (secondary N) is 1. The summed E-state index contributed by atoms with van der Waals surface area (Å²) >= 11 is 5.63. The zero-order chi connectivity index (χ0) is 10.2. The number of aliphatic carboxylic acids is 1. The van der Waals surface area contributed by atoms with Crippen LogP contribution < -0.4 is 5.56 Å². The normalized spacial score (nSPS) is 12.8. The van der Waals surface area contributed by atoms with Crippen LogP contribution >= 0.6 is 11.6 Å². The largest absolute Gasteiger partial charge is 0.481 e. The summed E-state index contributed by atoms with van der Waals surface area (Å²) in [6.07, 6.45) is 0. The van der Waals surface area contributed by atoms with E-state index in [0.717, 1.165) is 0 Å². The minimum absolute atomic E-state index is 0.0580. The first-order valence-corrected chi connectivity index (χ1v) is 4.00. The molecule has 1 aromatic rings. The van der Waals surface area contributed by atoms with Gasteiger partial charge in [-0.05, 0) is 6.92 Å². The van der Waals surface area contributed by atoms with E-state index in [1.54, 1.807) is 7.05 Å². The molecule has 1 atom stereocenters. The number of hydrogen-bond donors (Lipinski definition) is 2. The van der Waals surface area contributed by atoms with E-state index in [0.29, 0.717) is 5.69 Å². The number of carbonyl (C=O) groups is 1. The van der Waals surface area contributed by atoms with Crippen LogP contribution in [-0.4, -0.2) is 20.9 Å². The number of hydrogen-bond acceptors (Lipinski definition) is 2. The molecule has 72 valence electrons. The van der Waals surface area contributed by atoms with E-state index in [1.165, 1.54) is 11.6 Å². The van der Waals surface area contributed by atoms with Crippen LogP contribution in [0.15, 0.2) is 4.79 Å². The zero-order valence-electron chi connectivity index (χ0n) is 7.17. The van der Waals surface area contributed by atoms with Gasteiger partial charge in [0.15, 0.2) is 0 Å². The molecule has 0 aromatic carbocycles. The Kier molecular flexibility index (Phi) is 2.47. The van der Waals surface area contributed by atoms with Crippen molar-refractivity contribution in [2.45, 2.75) is 12.8 Å². The van der Waals surface area contributed by atoms with Crippen molar-refractivity contribution in [1.82, 2.24) is 9.78 Å². The lowest BCUT2D eigenvalue weighted by Crippen LogP contribution is -2.12. The van der Waals surface area contributed by atoms with E-state index in [1.807, 2.05) is 0 Å². The summed E-state index contributed by atoms with van der Waals surface area (Å²) in [7, 11) is 1.54. The third kappa shape index (κ3) is 1.60. The maximum Gasteiger partial charge on any atom is 0.312 e. The van der Waals surface area contributed by atoms with Crippen LogP contribution in [0.25, 0.3) is 0 Å². The van der Waals surface area contributed by atoms with Crippen LogP contribution in [0.1, 0.15) is 18.5 Å². The SMILES string of the molecule is CC(C(=O)O)c1c(Cl)c(=O)[nH]n1C. The summed E-state index contributed by atoms with van der Waals surface area (Å²) in [6, 6.07) is 0. The molecule has 0 amide bonds. The van der Waals surface area contributed by atoms with Crippen molar-refractivity contribution in [3.63, 3.8) is 0 Å². The molecule has 0 aliphatic carbocycles. The molecule has 6 heteroatoms. The Labute approximate surface area is 78.9 Å². The average Bonchev–Trinajstić information content (AvgIpc) is 2.26. The van der Waals surface area contributed by atoms with Crippen molar-refractivity contribution >= 4 is 17.6 Å². The average molecular weight is 205 g/mol. The lowest BCUT2D eigenvalue weighted by molar-refractivity contribution is -0.138. The quantitative estimate of drug-likeness (QED) is 0.739. The van der Waals surface area contributed by atoms with Gasteiger partial charge in [0.05, 0.1) is 11.6 Å². The molecule has 0 aliphatic rings. The smallest absolute Gasteiger partial charge is 0.312 e. The van der Waals surface area contributed by atoms with Gasteiger partial charge in [0.1, 0.15) is 5.02 Å². The van der Waals surface area contributed by atoms with Crippen LogP contribution in [0.5, 0.6) is 0 Å². The summed E-state index contributed by atoms with van der Waals surface area (Å²) in [5, 5.41) is 11.0. The Balaban J connectivity index is 3.28. The van der Waals surface area contributed by atoms with Gasteiger partial charge in [0.2, 0.25) is 0 Å². The molecule has 1 rings (SSSR count). The lowest BCUT2D eigenvalue weighted by atomic mass is 10.1. The van der Waals surface area contributed by atoms with E-state index in [-0.39, 0.29) is 5.02 Å². The molecule has 0 spiro atoms. The van der Waals surface area contributed by atoms with Gasteiger partial charge in [-0.3, -0.25) is 19.4 Å². The van der Waals surface area contributed by atoms with Crippen molar-refractivity contribution in [1.29, 1.82) is 0 Å². The van der Waals surface area contributed by atoms with Gasteiger partial charge in [0.25, 0.3) is 5.56 Å². The molecule has 0 bridgehead atoms.